The lowest BCUT2D eigenvalue weighted by Gasteiger charge is -1.96. The van der Waals surface area contributed by atoms with Gasteiger partial charge in [-0.15, -0.1) is 0 Å². The fraction of sp³-hybridized carbons (Fsp3) is 0.500. The summed E-state index contributed by atoms with van der Waals surface area (Å²) < 4.78 is 0. The topological polar surface area (TPSA) is 71.8 Å². The first-order valence-corrected chi connectivity index (χ1v) is 4.01. The molecule has 0 amide bonds. The van der Waals surface area contributed by atoms with E-state index in [0.29, 0.717) is 12.2 Å². The third kappa shape index (κ3) is 1.04. The number of rotatable bonds is 0. The highest BCUT2D eigenvalue weighted by atomic mass is 16.1. The van der Waals surface area contributed by atoms with Crippen LogP contribution in [0.4, 0.5) is 0 Å². The van der Waals surface area contributed by atoms with Gasteiger partial charge in [0.1, 0.15) is 5.82 Å². The second kappa shape index (κ2) is 2.42. The van der Waals surface area contributed by atoms with Gasteiger partial charge in [0.05, 0.1) is 5.69 Å². The Hall–Kier alpha value is -1.16. The highest BCUT2D eigenvalue weighted by Gasteiger charge is 2.22. The maximum Gasteiger partial charge on any atom is 0.254 e. The first kappa shape index (κ1) is 7.49. The molecule has 4 heteroatoms. The Morgan fingerprint density at radius 3 is 3.08 bits per heavy atom. The number of hydrogen-bond donors (Lipinski definition) is 2. The maximum atomic E-state index is 11.3. The van der Waals surface area contributed by atoms with Crippen LogP contribution < -0.4 is 11.3 Å². The number of aromatic nitrogens is 2. The molecule has 1 aromatic heterocycles. The van der Waals surface area contributed by atoms with E-state index in [0.717, 1.165) is 17.7 Å². The van der Waals surface area contributed by atoms with E-state index in [1.165, 1.54) is 0 Å². The van der Waals surface area contributed by atoms with Crippen LogP contribution in [0.25, 0.3) is 0 Å². The maximum absolute atomic E-state index is 11.3. The average Bonchev–Trinajstić information content (AvgIpc) is 2.29. The number of H-pyrrole nitrogens is 1. The molecule has 0 saturated carbocycles. The van der Waals surface area contributed by atoms with Crippen molar-refractivity contribution in [2.45, 2.75) is 25.8 Å². The van der Waals surface area contributed by atoms with Gasteiger partial charge in [-0.3, -0.25) is 4.79 Å². The van der Waals surface area contributed by atoms with Crippen molar-refractivity contribution in [2.75, 3.05) is 0 Å². The zero-order valence-electron chi connectivity index (χ0n) is 6.92. The number of fused-ring (bicyclic) bond motifs is 1. The first-order chi connectivity index (χ1) is 5.66. The summed E-state index contributed by atoms with van der Waals surface area (Å²) in [7, 11) is 0. The summed E-state index contributed by atoms with van der Waals surface area (Å²) in [6.07, 6.45) is 1.40. The van der Waals surface area contributed by atoms with Crippen molar-refractivity contribution in [2.24, 2.45) is 5.73 Å². The normalized spacial score (nSPS) is 21.0. The molecular weight excluding hydrogens is 154 g/mol. The molecule has 1 unspecified atom stereocenters. The lowest BCUT2D eigenvalue weighted by Crippen LogP contribution is -2.20. The molecule has 0 radical (unpaired) electrons. The summed E-state index contributed by atoms with van der Waals surface area (Å²) >= 11 is 0. The molecule has 1 aromatic rings. The molecule has 1 aliphatic carbocycles. The molecule has 0 fully saturated rings. The Bertz CT molecular complexity index is 369. The Kier molecular flexibility index (Phi) is 1.51. The summed E-state index contributed by atoms with van der Waals surface area (Å²) in [5, 5.41) is 0. The third-order valence-electron chi connectivity index (χ3n) is 2.14. The molecule has 1 atom stereocenters. The zero-order chi connectivity index (χ0) is 8.72. The second-order valence-corrected chi connectivity index (χ2v) is 3.24. The molecule has 12 heavy (non-hydrogen) atoms. The molecule has 0 bridgehead atoms. The third-order valence-corrected chi connectivity index (χ3v) is 2.14. The van der Waals surface area contributed by atoms with E-state index >= 15 is 0 Å². The largest absolute Gasteiger partial charge is 0.327 e. The number of nitrogens with zero attached hydrogens (tertiary/aromatic N) is 1. The number of aromatic amines is 1. The summed E-state index contributed by atoms with van der Waals surface area (Å²) in [6, 6.07) is 0.0791. The van der Waals surface area contributed by atoms with Gasteiger partial charge in [-0.1, -0.05) is 0 Å². The van der Waals surface area contributed by atoms with Crippen molar-refractivity contribution in [3.8, 4) is 0 Å². The van der Waals surface area contributed by atoms with Gasteiger partial charge in [-0.2, -0.15) is 0 Å². The van der Waals surface area contributed by atoms with Crippen molar-refractivity contribution in [1.82, 2.24) is 9.97 Å². The number of nitrogens with two attached hydrogens (primary N) is 1. The van der Waals surface area contributed by atoms with Crippen LogP contribution in [0.1, 0.15) is 17.1 Å². The number of hydrogen-bond acceptors (Lipinski definition) is 3. The van der Waals surface area contributed by atoms with Crippen LogP contribution >= 0.6 is 0 Å². The molecule has 0 aliphatic heterocycles. The molecule has 64 valence electrons. The standard InChI is InChI=1S/C8H11N3O/c1-4-10-7-3-5(9)2-6(7)8(12)11-4/h5H,2-3,9H2,1H3,(H,10,11,12). The second-order valence-electron chi connectivity index (χ2n) is 3.24. The molecule has 3 N–H and O–H groups in total. The van der Waals surface area contributed by atoms with Crippen molar-refractivity contribution in [3.63, 3.8) is 0 Å². The summed E-state index contributed by atoms with van der Waals surface area (Å²) in [5.74, 6) is 0.674. The lowest BCUT2D eigenvalue weighted by atomic mass is 10.2. The van der Waals surface area contributed by atoms with E-state index in [-0.39, 0.29) is 11.6 Å². The van der Waals surface area contributed by atoms with E-state index in [4.69, 9.17) is 5.73 Å². The minimum Gasteiger partial charge on any atom is -0.327 e. The van der Waals surface area contributed by atoms with Crippen LogP contribution in [0.2, 0.25) is 0 Å². The van der Waals surface area contributed by atoms with Crippen LogP contribution in [0.3, 0.4) is 0 Å². The average molecular weight is 165 g/mol. The van der Waals surface area contributed by atoms with E-state index < -0.39 is 0 Å². The van der Waals surface area contributed by atoms with Gasteiger partial charge in [0.15, 0.2) is 0 Å². The Morgan fingerprint density at radius 1 is 1.58 bits per heavy atom. The van der Waals surface area contributed by atoms with Gasteiger partial charge < -0.3 is 10.7 Å². The monoisotopic (exact) mass is 165 g/mol. The zero-order valence-corrected chi connectivity index (χ0v) is 6.92. The van der Waals surface area contributed by atoms with Crippen LogP contribution in [0.5, 0.6) is 0 Å². The Labute approximate surface area is 69.8 Å². The van der Waals surface area contributed by atoms with E-state index in [1.54, 1.807) is 6.92 Å². The first-order valence-electron chi connectivity index (χ1n) is 4.01. The van der Waals surface area contributed by atoms with Crippen molar-refractivity contribution in [3.05, 3.63) is 27.4 Å². The molecular formula is C8H11N3O. The Balaban J connectivity index is 2.60. The predicted octanol–water partition coefficient (Wildman–Crippen LogP) is -0.496. The van der Waals surface area contributed by atoms with Gasteiger partial charge >= 0.3 is 0 Å². The summed E-state index contributed by atoms with van der Waals surface area (Å²) in [5.41, 5.74) is 7.34. The van der Waals surface area contributed by atoms with Crippen molar-refractivity contribution < 1.29 is 0 Å². The van der Waals surface area contributed by atoms with E-state index in [9.17, 15) is 4.79 Å². The summed E-state index contributed by atoms with van der Waals surface area (Å²) in [6.45, 7) is 1.78. The minimum atomic E-state index is -0.0227. The molecule has 2 rings (SSSR count). The van der Waals surface area contributed by atoms with Crippen molar-refractivity contribution >= 4 is 0 Å². The van der Waals surface area contributed by atoms with Crippen molar-refractivity contribution in [1.29, 1.82) is 0 Å². The van der Waals surface area contributed by atoms with Gasteiger partial charge in [0, 0.05) is 18.0 Å². The quantitative estimate of drug-likeness (QED) is 0.544. The lowest BCUT2D eigenvalue weighted by molar-refractivity contribution is 0.715. The SMILES string of the molecule is Cc1nc2c(c(=O)[nH]1)CC(N)C2. The molecule has 1 aliphatic rings. The summed E-state index contributed by atoms with van der Waals surface area (Å²) in [4.78, 5) is 18.2. The van der Waals surface area contributed by atoms with Gasteiger partial charge in [0.2, 0.25) is 0 Å². The highest BCUT2D eigenvalue weighted by Crippen LogP contribution is 2.14. The van der Waals surface area contributed by atoms with Crippen LogP contribution in [0, 0.1) is 6.92 Å². The minimum absolute atomic E-state index is 0.0227. The number of nitrogens with one attached hydrogen (secondary N) is 1. The van der Waals surface area contributed by atoms with Gasteiger partial charge in [-0.05, 0) is 13.3 Å². The van der Waals surface area contributed by atoms with Gasteiger partial charge in [-0.25, -0.2) is 4.98 Å². The van der Waals surface area contributed by atoms with E-state index in [2.05, 4.69) is 9.97 Å². The Morgan fingerprint density at radius 2 is 2.33 bits per heavy atom. The van der Waals surface area contributed by atoms with Crippen LogP contribution in [-0.2, 0) is 12.8 Å². The smallest absolute Gasteiger partial charge is 0.254 e. The molecule has 0 spiro atoms. The number of aryl methyl sites for hydroxylation is 1. The predicted molar refractivity (Wildman–Crippen MR) is 45.0 cm³/mol. The molecule has 0 saturated heterocycles. The van der Waals surface area contributed by atoms with E-state index in [1.807, 2.05) is 0 Å². The van der Waals surface area contributed by atoms with Gasteiger partial charge in [0.25, 0.3) is 5.56 Å². The molecule has 4 nitrogen and oxygen atoms in total. The molecule has 1 heterocycles. The fourth-order valence-corrected chi connectivity index (χ4v) is 1.63. The molecule has 0 aromatic carbocycles. The van der Waals surface area contributed by atoms with Crippen LogP contribution in [0.15, 0.2) is 4.79 Å². The fourth-order valence-electron chi connectivity index (χ4n) is 1.63. The highest BCUT2D eigenvalue weighted by molar-refractivity contribution is 5.25. The van der Waals surface area contributed by atoms with Crippen LogP contribution in [-0.4, -0.2) is 16.0 Å².